The number of hydrogen-bond acceptors (Lipinski definition) is 2. The summed E-state index contributed by atoms with van der Waals surface area (Å²) in [5.74, 6) is 0. The van der Waals surface area contributed by atoms with Crippen molar-refractivity contribution in [1.29, 1.82) is 0 Å². The van der Waals surface area contributed by atoms with Gasteiger partial charge in [-0.25, -0.2) is 4.98 Å². The molecule has 0 N–H and O–H groups in total. The van der Waals surface area contributed by atoms with Crippen LogP contribution in [0.2, 0.25) is 0 Å². The van der Waals surface area contributed by atoms with Crippen LogP contribution in [0.3, 0.4) is 0 Å². The van der Waals surface area contributed by atoms with Crippen molar-refractivity contribution in [3.05, 3.63) is 29.6 Å². The normalized spacial score (nSPS) is 11.7. The summed E-state index contributed by atoms with van der Waals surface area (Å²) >= 11 is 0. The zero-order valence-corrected chi connectivity index (χ0v) is 7.64. The maximum absolute atomic E-state index is 12.2. The van der Waals surface area contributed by atoms with E-state index in [2.05, 4.69) is 4.98 Å². The Bertz CT molecular complexity index is 298. The van der Waals surface area contributed by atoms with Crippen molar-refractivity contribution in [2.75, 3.05) is 6.61 Å². The van der Waals surface area contributed by atoms with E-state index in [1.54, 1.807) is 6.92 Å². The fourth-order valence-electron chi connectivity index (χ4n) is 0.924. The van der Waals surface area contributed by atoms with Crippen molar-refractivity contribution in [2.45, 2.75) is 19.7 Å². The highest BCUT2D eigenvalue weighted by atomic mass is 19.4. The number of nitrogens with zero attached hydrogens (tertiary/aromatic N) is 1. The maximum Gasteiger partial charge on any atom is 0.433 e. The molecule has 2 nitrogen and oxygen atoms in total. The molecule has 1 heterocycles. The zero-order valence-electron chi connectivity index (χ0n) is 7.64. The Kier molecular flexibility index (Phi) is 3.46. The molecule has 0 aliphatic heterocycles. The van der Waals surface area contributed by atoms with Crippen LogP contribution in [0.25, 0.3) is 0 Å². The molecule has 14 heavy (non-hydrogen) atoms. The van der Waals surface area contributed by atoms with Crippen LogP contribution in [0.4, 0.5) is 13.2 Å². The Morgan fingerprint density at radius 1 is 1.36 bits per heavy atom. The third-order valence-electron chi connectivity index (χ3n) is 1.55. The van der Waals surface area contributed by atoms with E-state index in [1.807, 2.05) is 0 Å². The molecule has 0 fully saturated rings. The highest BCUT2D eigenvalue weighted by molar-refractivity contribution is 5.13. The van der Waals surface area contributed by atoms with Gasteiger partial charge in [-0.3, -0.25) is 0 Å². The van der Waals surface area contributed by atoms with Gasteiger partial charge in [-0.05, 0) is 19.1 Å². The SMILES string of the molecule is CCOCc1cccc(C(F)(F)F)n1. The lowest BCUT2D eigenvalue weighted by Gasteiger charge is -2.07. The van der Waals surface area contributed by atoms with E-state index in [-0.39, 0.29) is 6.61 Å². The van der Waals surface area contributed by atoms with Crippen LogP contribution >= 0.6 is 0 Å². The monoisotopic (exact) mass is 205 g/mol. The predicted molar refractivity (Wildman–Crippen MR) is 44.6 cm³/mol. The molecule has 0 amide bonds. The van der Waals surface area contributed by atoms with Gasteiger partial charge in [0.05, 0.1) is 12.3 Å². The van der Waals surface area contributed by atoms with E-state index >= 15 is 0 Å². The number of ether oxygens (including phenoxy) is 1. The Balaban J connectivity index is 2.79. The van der Waals surface area contributed by atoms with Gasteiger partial charge in [0.2, 0.25) is 0 Å². The topological polar surface area (TPSA) is 22.1 Å². The first kappa shape index (κ1) is 11.0. The highest BCUT2D eigenvalue weighted by Gasteiger charge is 2.32. The largest absolute Gasteiger partial charge is 0.433 e. The molecule has 1 rings (SSSR count). The summed E-state index contributed by atoms with van der Waals surface area (Å²) in [6, 6.07) is 3.77. The van der Waals surface area contributed by atoms with Gasteiger partial charge < -0.3 is 4.74 Å². The van der Waals surface area contributed by atoms with E-state index in [1.165, 1.54) is 12.1 Å². The molecule has 0 saturated carbocycles. The quantitative estimate of drug-likeness (QED) is 0.756. The molecule has 0 unspecified atom stereocenters. The van der Waals surface area contributed by atoms with E-state index in [0.717, 1.165) is 6.07 Å². The van der Waals surface area contributed by atoms with Crippen LogP contribution in [0.1, 0.15) is 18.3 Å². The van der Waals surface area contributed by atoms with Crippen molar-refractivity contribution in [1.82, 2.24) is 4.98 Å². The maximum atomic E-state index is 12.2. The predicted octanol–water partition coefficient (Wildman–Crippen LogP) is 2.64. The lowest BCUT2D eigenvalue weighted by molar-refractivity contribution is -0.141. The summed E-state index contributed by atoms with van der Waals surface area (Å²) in [5, 5.41) is 0. The molecule has 0 radical (unpaired) electrons. The molecule has 0 aromatic carbocycles. The molecule has 5 heteroatoms. The smallest absolute Gasteiger partial charge is 0.375 e. The van der Waals surface area contributed by atoms with Crippen LogP contribution in [0.15, 0.2) is 18.2 Å². The fraction of sp³-hybridized carbons (Fsp3) is 0.444. The molecular weight excluding hydrogens is 195 g/mol. The molecule has 1 aromatic rings. The van der Waals surface area contributed by atoms with Crippen LogP contribution in [0, 0.1) is 0 Å². The molecular formula is C9H10F3NO. The van der Waals surface area contributed by atoms with Crippen molar-refractivity contribution in [3.8, 4) is 0 Å². The minimum Gasteiger partial charge on any atom is -0.375 e. The van der Waals surface area contributed by atoms with Gasteiger partial charge in [-0.15, -0.1) is 0 Å². The number of pyridine rings is 1. The third kappa shape index (κ3) is 2.99. The van der Waals surface area contributed by atoms with Gasteiger partial charge in [-0.1, -0.05) is 6.07 Å². The third-order valence-corrected chi connectivity index (χ3v) is 1.55. The van der Waals surface area contributed by atoms with Gasteiger partial charge in [0, 0.05) is 6.61 Å². The molecule has 0 saturated heterocycles. The summed E-state index contributed by atoms with van der Waals surface area (Å²) in [5.41, 5.74) is -0.587. The number of rotatable bonds is 3. The Hall–Kier alpha value is -1.10. The molecule has 0 bridgehead atoms. The molecule has 0 spiro atoms. The lowest BCUT2D eigenvalue weighted by atomic mass is 10.3. The number of alkyl halides is 3. The summed E-state index contributed by atoms with van der Waals surface area (Å²) < 4.78 is 41.5. The minimum absolute atomic E-state index is 0.112. The van der Waals surface area contributed by atoms with Crippen molar-refractivity contribution < 1.29 is 17.9 Å². The van der Waals surface area contributed by atoms with Crippen molar-refractivity contribution >= 4 is 0 Å². The number of aromatic nitrogens is 1. The van der Waals surface area contributed by atoms with Crippen molar-refractivity contribution in [3.63, 3.8) is 0 Å². The van der Waals surface area contributed by atoms with Crippen LogP contribution in [-0.2, 0) is 17.5 Å². The first-order valence-electron chi connectivity index (χ1n) is 4.15. The Morgan fingerprint density at radius 2 is 2.07 bits per heavy atom. The molecule has 78 valence electrons. The van der Waals surface area contributed by atoms with Crippen molar-refractivity contribution in [2.24, 2.45) is 0 Å². The first-order valence-corrected chi connectivity index (χ1v) is 4.15. The average molecular weight is 205 g/mol. The standard InChI is InChI=1S/C9H10F3NO/c1-2-14-6-7-4-3-5-8(13-7)9(10,11)12/h3-5H,2,6H2,1H3. The number of hydrogen-bond donors (Lipinski definition) is 0. The molecule has 0 atom stereocenters. The molecule has 0 aliphatic rings. The molecule has 1 aromatic heterocycles. The fourth-order valence-corrected chi connectivity index (χ4v) is 0.924. The first-order chi connectivity index (χ1) is 6.54. The van der Waals surface area contributed by atoms with E-state index in [9.17, 15) is 13.2 Å². The summed E-state index contributed by atoms with van der Waals surface area (Å²) in [6.07, 6.45) is -4.39. The number of halogens is 3. The van der Waals surface area contributed by atoms with Gasteiger partial charge in [0.25, 0.3) is 0 Å². The van der Waals surface area contributed by atoms with Gasteiger partial charge in [0.15, 0.2) is 0 Å². The van der Waals surface area contributed by atoms with Crippen LogP contribution in [-0.4, -0.2) is 11.6 Å². The summed E-state index contributed by atoms with van der Waals surface area (Å²) in [7, 11) is 0. The zero-order chi connectivity index (χ0) is 10.6. The van der Waals surface area contributed by atoms with Gasteiger partial charge in [0.1, 0.15) is 5.69 Å². The van der Waals surface area contributed by atoms with E-state index in [4.69, 9.17) is 4.74 Å². The Labute approximate surface area is 79.7 Å². The summed E-state index contributed by atoms with van der Waals surface area (Å²) in [6.45, 7) is 2.34. The van der Waals surface area contributed by atoms with Gasteiger partial charge in [-0.2, -0.15) is 13.2 Å². The van der Waals surface area contributed by atoms with Crippen LogP contribution in [0.5, 0.6) is 0 Å². The molecule has 0 aliphatic carbocycles. The second-order valence-electron chi connectivity index (χ2n) is 2.65. The van der Waals surface area contributed by atoms with E-state index in [0.29, 0.717) is 12.3 Å². The van der Waals surface area contributed by atoms with Crippen LogP contribution < -0.4 is 0 Å². The average Bonchev–Trinajstić information content (AvgIpc) is 2.14. The highest BCUT2D eigenvalue weighted by Crippen LogP contribution is 2.27. The Morgan fingerprint density at radius 3 is 2.64 bits per heavy atom. The second-order valence-corrected chi connectivity index (χ2v) is 2.65. The minimum atomic E-state index is -4.39. The second kappa shape index (κ2) is 4.41. The lowest BCUT2D eigenvalue weighted by Crippen LogP contribution is -2.09. The van der Waals surface area contributed by atoms with Gasteiger partial charge >= 0.3 is 6.18 Å². The summed E-state index contributed by atoms with van der Waals surface area (Å²) in [4.78, 5) is 3.43. The van der Waals surface area contributed by atoms with E-state index < -0.39 is 11.9 Å².